The predicted molar refractivity (Wildman–Crippen MR) is 362 cm³/mol. The Morgan fingerprint density at radius 3 is 0.480 bits per heavy atom. The van der Waals surface area contributed by atoms with Crippen LogP contribution in [0.5, 0.6) is 0 Å². The first-order valence-electron chi connectivity index (χ1n) is 34.2. The van der Waals surface area contributed by atoms with E-state index in [9.17, 15) is 0 Å². The lowest BCUT2D eigenvalue weighted by Crippen LogP contribution is -2.04. The fourth-order valence-corrected chi connectivity index (χ4v) is 8.50. The Labute approximate surface area is 487 Å². The topological polar surface area (TPSA) is 0 Å². The first-order valence-corrected chi connectivity index (χ1v) is 34.2. The monoisotopic (exact) mass is 1070 g/mol. The lowest BCUT2D eigenvalue weighted by molar-refractivity contribution is 0.358. The molecule has 0 radical (unpaired) electrons. The van der Waals surface area contributed by atoms with Crippen LogP contribution in [0.2, 0.25) is 0 Å². The summed E-state index contributed by atoms with van der Waals surface area (Å²) in [5, 5.41) is 0. The summed E-state index contributed by atoms with van der Waals surface area (Å²) >= 11 is 0. The Kier molecular flexibility index (Phi) is 79.1. The Morgan fingerprint density at radius 2 is 0.320 bits per heavy atom. The molecule has 2 atom stereocenters. The van der Waals surface area contributed by atoms with Crippen molar-refractivity contribution >= 4 is 0 Å². The fourth-order valence-electron chi connectivity index (χ4n) is 8.50. The minimum atomic E-state index is 0.860. The van der Waals surface area contributed by atoms with Crippen molar-refractivity contribution in [3.8, 4) is 0 Å². The summed E-state index contributed by atoms with van der Waals surface area (Å²) in [7, 11) is 0. The fraction of sp³-hybridized carbons (Fsp3) is 1.00. The van der Waals surface area contributed by atoms with Gasteiger partial charge in [-0.25, -0.2) is 0 Å². The number of hydrogen-bond donors (Lipinski definition) is 0. The number of rotatable bonds is 32. The standard InChI is InChI=1S/C11H24.4C10H22.C9H20.C8H18.C7H16/c1-10(2)8-6-5-7-9-11(3)4;1-8(2)6-10(5)7-9(3)4;2*1-8(2)6-7-10(5)9(3)4;1-9(2)7-5-6-8-10(3)4;1-8(2)6-5-7-9(3)4;1-7(2)5-6-8(3)4;1-6(2)5-7(3)4/h10-11H,5-9H2,1-4H3;3*8-10H,6-7H2,1-5H3;9-10H,5-8H2,1-4H3;8-9H,5-7H2,1-4H3;7-8H,5-6H2,1-4H3;6-7H,5H2,1-4H3. The molecule has 0 nitrogen and oxygen atoms in total. The number of unbranched alkanes of at least 4 members (excludes halogenated alkanes) is 3. The second-order valence-corrected chi connectivity index (χ2v) is 31.4. The molecule has 0 saturated carbocycles. The zero-order valence-electron chi connectivity index (χ0n) is 60.8. The van der Waals surface area contributed by atoms with Gasteiger partial charge in [-0.3, -0.25) is 0 Å². The van der Waals surface area contributed by atoms with E-state index in [1.54, 1.807) is 0 Å². The highest BCUT2D eigenvalue weighted by Crippen LogP contribution is 2.21. The SMILES string of the molecule is CC(C)CC(C)C.CC(C)CC(C)CC(C)C.CC(C)CCC(C)C.CC(C)CCC(C)C(C)C.CC(C)CCC(C)C(C)C.CC(C)CCCC(C)C.CC(C)CCCCC(C)C.CC(C)CCCCCC(C)C. The second kappa shape index (κ2) is 64.8. The third-order valence-electron chi connectivity index (χ3n) is 14.1. The quantitative estimate of drug-likeness (QED) is 0.0589. The van der Waals surface area contributed by atoms with Crippen molar-refractivity contribution in [3.05, 3.63) is 0 Å². The van der Waals surface area contributed by atoms with Crippen molar-refractivity contribution in [2.24, 2.45) is 112 Å². The van der Waals surface area contributed by atoms with Gasteiger partial charge in [-0.2, -0.15) is 0 Å². The van der Waals surface area contributed by atoms with Crippen molar-refractivity contribution in [2.45, 2.75) is 377 Å². The molecule has 75 heavy (non-hydrogen) atoms. The maximum absolute atomic E-state index is 2.36. The maximum Gasteiger partial charge on any atom is -0.0420 e. The first kappa shape index (κ1) is 91.5. The van der Waals surface area contributed by atoms with E-state index in [0.717, 1.165) is 112 Å². The maximum atomic E-state index is 2.36. The smallest absolute Gasteiger partial charge is 0.0420 e. The average molecular weight is 1070 g/mol. The van der Waals surface area contributed by atoms with E-state index in [4.69, 9.17) is 0 Å². The summed E-state index contributed by atoms with van der Waals surface area (Å²) < 4.78 is 0. The molecular weight excluding hydrogens is 901 g/mol. The van der Waals surface area contributed by atoms with Crippen LogP contribution in [0.25, 0.3) is 0 Å². The van der Waals surface area contributed by atoms with E-state index in [1.165, 1.54) is 135 Å². The highest BCUT2D eigenvalue weighted by Gasteiger charge is 2.09. The minimum Gasteiger partial charge on any atom is -0.0628 e. The molecule has 0 amide bonds. The van der Waals surface area contributed by atoms with Gasteiger partial charge in [0.15, 0.2) is 0 Å². The molecule has 0 bridgehead atoms. The molecule has 0 aromatic rings. The van der Waals surface area contributed by atoms with Crippen molar-refractivity contribution in [3.63, 3.8) is 0 Å². The van der Waals surface area contributed by atoms with Gasteiger partial charge in [0.1, 0.15) is 0 Å². The normalized spacial score (nSPS) is 12.3. The van der Waals surface area contributed by atoms with Crippen molar-refractivity contribution in [1.29, 1.82) is 0 Å². The predicted octanol–water partition coefficient (Wildman–Crippen LogP) is 28.5. The van der Waals surface area contributed by atoms with E-state index >= 15 is 0 Å². The molecule has 466 valence electrons. The minimum absolute atomic E-state index is 0.860. The molecule has 0 spiro atoms. The molecule has 0 saturated heterocycles. The van der Waals surface area contributed by atoms with E-state index in [-0.39, 0.29) is 0 Å². The van der Waals surface area contributed by atoms with Gasteiger partial charge in [0, 0.05) is 0 Å². The number of hydrogen-bond acceptors (Lipinski definition) is 0. The lowest BCUT2D eigenvalue weighted by atomic mass is 9.91. The molecule has 0 rings (SSSR count). The largest absolute Gasteiger partial charge is 0.0628 e. The van der Waals surface area contributed by atoms with Gasteiger partial charge in [0.05, 0.1) is 0 Å². The van der Waals surface area contributed by atoms with Crippen LogP contribution < -0.4 is 0 Å². The van der Waals surface area contributed by atoms with E-state index in [0.29, 0.717) is 0 Å². The van der Waals surface area contributed by atoms with Crippen molar-refractivity contribution in [2.75, 3.05) is 0 Å². The molecule has 0 aliphatic carbocycles. The Morgan fingerprint density at radius 1 is 0.147 bits per heavy atom. The van der Waals surface area contributed by atoms with Gasteiger partial charge >= 0.3 is 0 Å². The molecule has 0 fully saturated rings. The van der Waals surface area contributed by atoms with Crippen molar-refractivity contribution < 1.29 is 0 Å². The van der Waals surface area contributed by atoms with Crippen LogP contribution in [0, 0.1) is 112 Å². The molecular formula is C75H166. The van der Waals surface area contributed by atoms with Gasteiger partial charge in [0.25, 0.3) is 0 Å². The van der Waals surface area contributed by atoms with Gasteiger partial charge < -0.3 is 0 Å². The van der Waals surface area contributed by atoms with Crippen LogP contribution in [-0.2, 0) is 0 Å². The lowest BCUT2D eigenvalue weighted by Gasteiger charge is -2.15. The van der Waals surface area contributed by atoms with Gasteiger partial charge in [-0.05, 0) is 132 Å². The van der Waals surface area contributed by atoms with Gasteiger partial charge in [-0.1, -0.05) is 358 Å². The zero-order chi connectivity index (χ0) is 60.8. The zero-order valence-corrected chi connectivity index (χ0v) is 60.8. The third-order valence-corrected chi connectivity index (χ3v) is 14.1. The summed E-state index contributed by atoms with van der Waals surface area (Å²) in [4.78, 5) is 0. The molecule has 0 heteroatoms. The molecule has 0 N–H and O–H groups in total. The average Bonchev–Trinajstić information content (AvgIpc) is 3.22. The van der Waals surface area contributed by atoms with Crippen LogP contribution in [0.3, 0.4) is 0 Å². The summed E-state index contributed by atoms with van der Waals surface area (Å²) in [6.07, 6.45) is 29.5. The molecule has 0 aromatic heterocycles. The van der Waals surface area contributed by atoms with E-state index in [2.05, 4.69) is 242 Å². The Hall–Kier alpha value is 0. The van der Waals surface area contributed by atoms with E-state index in [1.807, 2.05) is 0 Å². The van der Waals surface area contributed by atoms with Gasteiger partial charge in [-0.15, -0.1) is 0 Å². The van der Waals surface area contributed by atoms with Crippen LogP contribution in [0.1, 0.15) is 377 Å². The summed E-state index contributed by atoms with van der Waals surface area (Å²) in [5.41, 5.74) is 0. The highest BCUT2D eigenvalue weighted by molar-refractivity contribution is 4.61. The third kappa shape index (κ3) is 122. The first-order chi connectivity index (χ1) is 34.2. The summed E-state index contributed by atoms with van der Waals surface area (Å²) in [6, 6.07) is 0. The Bertz CT molecular complexity index is 875. The van der Waals surface area contributed by atoms with Crippen LogP contribution in [-0.4, -0.2) is 0 Å². The summed E-state index contributed by atoms with van der Waals surface area (Å²) in [6.45, 7) is 80.5. The molecule has 0 heterocycles. The molecule has 0 aliphatic rings. The van der Waals surface area contributed by atoms with Crippen molar-refractivity contribution in [1.82, 2.24) is 0 Å². The van der Waals surface area contributed by atoms with E-state index < -0.39 is 0 Å². The molecule has 0 aromatic carbocycles. The Balaban J connectivity index is -0.000000114. The summed E-state index contributed by atoms with van der Waals surface area (Å²) in [5.74, 6) is 16.8. The van der Waals surface area contributed by atoms with Crippen LogP contribution in [0.15, 0.2) is 0 Å². The van der Waals surface area contributed by atoms with Gasteiger partial charge in [0.2, 0.25) is 0 Å². The molecule has 2 unspecified atom stereocenters. The second-order valence-electron chi connectivity index (χ2n) is 31.4. The molecule has 0 aliphatic heterocycles. The highest BCUT2D eigenvalue weighted by atomic mass is 14.1. The van der Waals surface area contributed by atoms with Crippen LogP contribution >= 0.6 is 0 Å². The van der Waals surface area contributed by atoms with Crippen LogP contribution in [0.4, 0.5) is 0 Å².